The second-order valence-corrected chi connectivity index (χ2v) is 5.13. The molecule has 1 heterocycles. The molecule has 1 aliphatic heterocycles. The minimum Gasteiger partial charge on any atom is -0.493 e. The Labute approximate surface area is 135 Å². The number of nitrogens with zero attached hydrogens (tertiary/aromatic N) is 1. The number of nitrogens with one attached hydrogen (secondary N) is 1. The molecule has 120 valence electrons. The van der Waals surface area contributed by atoms with E-state index in [1.807, 2.05) is 30.3 Å². The van der Waals surface area contributed by atoms with Gasteiger partial charge in [-0.15, -0.1) is 0 Å². The van der Waals surface area contributed by atoms with Gasteiger partial charge in [0.2, 0.25) is 0 Å². The van der Waals surface area contributed by atoms with Gasteiger partial charge in [-0.05, 0) is 24.3 Å². The normalized spacial score (nSPS) is 13.3. The predicted molar refractivity (Wildman–Crippen MR) is 87.9 cm³/mol. The zero-order chi connectivity index (χ0) is 15.9. The van der Waals surface area contributed by atoms with Gasteiger partial charge in [-0.1, -0.05) is 24.3 Å². The van der Waals surface area contributed by atoms with Crippen LogP contribution < -0.4 is 14.8 Å². The third-order valence-corrected chi connectivity index (χ3v) is 3.44. The molecule has 0 saturated heterocycles. The average molecular weight is 314 g/mol. The summed E-state index contributed by atoms with van der Waals surface area (Å²) in [6, 6.07) is 14.5. The quantitative estimate of drug-likeness (QED) is 0.799. The molecule has 2 aromatic rings. The van der Waals surface area contributed by atoms with Crippen molar-refractivity contribution in [2.75, 3.05) is 26.3 Å². The van der Waals surface area contributed by atoms with Crippen LogP contribution in [-0.2, 0) is 0 Å². The van der Waals surface area contributed by atoms with E-state index in [1.165, 1.54) is 6.07 Å². The molecule has 23 heavy (non-hydrogen) atoms. The lowest BCUT2D eigenvalue weighted by Crippen LogP contribution is -2.22. The van der Waals surface area contributed by atoms with E-state index in [0.717, 1.165) is 12.3 Å². The Morgan fingerprint density at radius 1 is 1.00 bits per heavy atom. The molecule has 0 saturated carbocycles. The van der Waals surface area contributed by atoms with Crippen LogP contribution in [0.2, 0.25) is 0 Å². The summed E-state index contributed by atoms with van der Waals surface area (Å²) in [7, 11) is 0. The van der Waals surface area contributed by atoms with Crippen LogP contribution in [0.1, 0.15) is 12.0 Å². The Morgan fingerprint density at radius 2 is 1.83 bits per heavy atom. The van der Waals surface area contributed by atoms with Crippen molar-refractivity contribution in [3.63, 3.8) is 0 Å². The van der Waals surface area contributed by atoms with E-state index < -0.39 is 0 Å². The molecule has 0 unspecified atom stereocenters. The fourth-order valence-electron chi connectivity index (χ4n) is 2.37. The summed E-state index contributed by atoms with van der Waals surface area (Å²) in [5.41, 5.74) is 0.411. The maximum atomic E-state index is 14.1. The van der Waals surface area contributed by atoms with Crippen LogP contribution in [-0.4, -0.2) is 32.1 Å². The Balaban J connectivity index is 1.53. The molecule has 0 amide bonds. The first-order valence-electron chi connectivity index (χ1n) is 7.72. The van der Waals surface area contributed by atoms with Gasteiger partial charge in [-0.25, -0.2) is 4.39 Å². The number of ether oxygens (including phenoxy) is 2. The van der Waals surface area contributed by atoms with Crippen LogP contribution >= 0.6 is 0 Å². The van der Waals surface area contributed by atoms with Crippen LogP contribution in [0.5, 0.6) is 11.5 Å². The van der Waals surface area contributed by atoms with Crippen molar-refractivity contribution in [3.8, 4) is 11.5 Å². The minimum atomic E-state index is -0.323. The van der Waals surface area contributed by atoms with Crippen LogP contribution in [0.3, 0.4) is 0 Å². The Hall–Kier alpha value is -2.56. The van der Waals surface area contributed by atoms with Crippen molar-refractivity contribution in [2.24, 2.45) is 4.99 Å². The maximum absolute atomic E-state index is 14.1. The molecule has 0 bridgehead atoms. The fraction of sp³-hybridized carbons (Fsp3) is 0.278. The van der Waals surface area contributed by atoms with Crippen molar-refractivity contribution in [1.82, 2.24) is 5.32 Å². The molecule has 2 aromatic carbocycles. The van der Waals surface area contributed by atoms with E-state index in [0.29, 0.717) is 43.3 Å². The largest absolute Gasteiger partial charge is 0.493 e. The highest BCUT2D eigenvalue weighted by atomic mass is 19.1. The summed E-state index contributed by atoms with van der Waals surface area (Å²) in [5.74, 6) is 1.59. The van der Waals surface area contributed by atoms with Gasteiger partial charge in [0.05, 0.1) is 25.3 Å². The van der Waals surface area contributed by atoms with Gasteiger partial charge in [0.15, 0.2) is 0 Å². The average Bonchev–Trinajstić information content (AvgIpc) is 3.09. The summed E-state index contributed by atoms with van der Waals surface area (Å²) in [6.07, 6.45) is 0.713. The van der Waals surface area contributed by atoms with Gasteiger partial charge in [0.25, 0.3) is 0 Å². The molecule has 0 atom stereocenters. The number of halogens is 1. The second kappa shape index (κ2) is 7.63. The molecule has 1 N–H and O–H groups in total. The Morgan fingerprint density at radius 3 is 2.61 bits per heavy atom. The third kappa shape index (κ3) is 4.00. The van der Waals surface area contributed by atoms with E-state index in [2.05, 4.69) is 10.3 Å². The van der Waals surface area contributed by atoms with E-state index in [-0.39, 0.29) is 5.82 Å². The van der Waals surface area contributed by atoms with Gasteiger partial charge < -0.3 is 14.8 Å². The Kier molecular flexibility index (Phi) is 5.09. The fourth-order valence-corrected chi connectivity index (χ4v) is 2.37. The van der Waals surface area contributed by atoms with Gasteiger partial charge in [-0.3, -0.25) is 4.99 Å². The first-order valence-corrected chi connectivity index (χ1v) is 7.72. The highest BCUT2D eigenvalue weighted by Crippen LogP contribution is 2.23. The van der Waals surface area contributed by atoms with E-state index in [9.17, 15) is 4.39 Å². The van der Waals surface area contributed by atoms with Crippen LogP contribution in [0.4, 0.5) is 4.39 Å². The molecule has 1 aliphatic rings. The molecular formula is C18H19FN2O2. The summed E-state index contributed by atoms with van der Waals surface area (Å²) in [5, 5.41) is 3.08. The van der Waals surface area contributed by atoms with Gasteiger partial charge in [-0.2, -0.15) is 0 Å². The summed E-state index contributed by atoms with van der Waals surface area (Å²) < 4.78 is 25.4. The first kappa shape index (κ1) is 15.3. The molecule has 0 radical (unpaired) electrons. The number of hydrogen-bond acceptors (Lipinski definition) is 4. The molecule has 4 nitrogen and oxygen atoms in total. The molecule has 5 heteroatoms. The molecule has 0 fully saturated rings. The van der Waals surface area contributed by atoms with Crippen molar-refractivity contribution in [2.45, 2.75) is 6.42 Å². The topological polar surface area (TPSA) is 42.9 Å². The standard InChI is InChI=1S/C18H19FN2O2/c19-15-8-4-9-16(17(15)18-20-10-11-21-18)23-13-5-12-22-14-6-2-1-3-7-14/h1-4,6-9H,5,10-13H2,(H,20,21). The van der Waals surface area contributed by atoms with Crippen molar-refractivity contribution >= 4 is 5.84 Å². The van der Waals surface area contributed by atoms with Gasteiger partial charge >= 0.3 is 0 Å². The molecular weight excluding hydrogens is 295 g/mol. The monoisotopic (exact) mass is 314 g/mol. The number of para-hydroxylation sites is 1. The first-order chi connectivity index (χ1) is 11.3. The second-order valence-electron chi connectivity index (χ2n) is 5.13. The number of aliphatic imine (C=N–C) groups is 1. The lowest BCUT2D eigenvalue weighted by molar-refractivity contribution is 0.246. The zero-order valence-corrected chi connectivity index (χ0v) is 12.8. The van der Waals surface area contributed by atoms with Crippen LogP contribution in [0, 0.1) is 5.82 Å². The third-order valence-electron chi connectivity index (χ3n) is 3.44. The summed E-state index contributed by atoms with van der Waals surface area (Å²) >= 11 is 0. The van der Waals surface area contributed by atoms with Crippen molar-refractivity contribution < 1.29 is 13.9 Å². The minimum absolute atomic E-state index is 0.323. The highest BCUT2D eigenvalue weighted by molar-refractivity contribution is 6.02. The van der Waals surface area contributed by atoms with Gasteiger partial charge in [0.1, 0.15) is 23.2 Å². The van der Waals surface area contributed by atoms with Crippen LogP contribution in [0.25, 0.3) is 0 Å². The predicted octanol–water partition coefficient (Wildman–Crippen LogP) is 3.02. The zero-order valence-electron chi connectivity index (χ0n) is 12.8. The summed E-state index contributed by atoms with van der Waals surface area (Å²) in [4.78, 5) is 4.27. The number of benzene rings is 2. The van der Waals surface area contributed by atoms with Crippen molar-refractivity contribution in [1.29, 1.82) is 0 Å². The van der Waals surface area contributed by atoms with E-state index >= 15 is 0 Å². The maximum Gasteiger partial charge on any atom is 0.137 e. The van der Waals surface area contributed by atoms with E-state index in [1.54, 1.807) is 12.1 Å². The number of hydrogen-bond donors (Lipinski definition) is 1. The van der Waals surface area contributed by atoms with Gasteiger partial charge in [0, 0.05) is 13.0 Å². The summed E-state index contributed by atoms with van der Waals surface area (Å²) in [6.45, 7) is 2.40. The van der Waals surface area contributed by atoms with Crippen molar-refractivity contribution in [3.05, 3.63) is 59.9 Å². The van der Waals surface area contributed by atoms with Crippen LogP contribution in [0.15, 0.2) is 53.5 Å². The molecule has 0 aliphatic carbocycles. The lowest BCUT2D eigenvalue weighted by Gasteiger charge is -2.13. The molecule has 3 rings (SSSR count). The highest BCUT2D eigenvalue weighted by Gasteiger charge is 2.18. The SMILES string of the molecule is Fc1cccc(OCCCOc2ccccc2)c1C1=NCCN1. The number of amidine groups is 1. The lowest BCUT2D eigenvalue weighted by atomic mass is 10.1. The smallest absolute Gasteiger partial charge is 0.137 e. The molecule has 0 spiro atoms. The van der Waals surface area contributed by atoms with E-state index in [4.69, 9.17) is 9.47 Å². The number of rotatable bonds is 7. The Bertz CT molecular complexity index is 674. The molecule has 0 aromatic heterocycles.